The van der Waals surface area contributed by atoms with Gasteiger partial charge in [-0.1, -0.05) is 18.2 Å². The summed E-state index contributed by atoms with van der Waals surface area (Å²) >= 11 is 0. The molecule has 2 aromatic rings. The van der Waals surface area contributed by atoms with Gasteiger partial charge in [-0.05, 0) is 24.3 Å². The summed E-state index contributed by atoms with van der Waals surface area (Å²) in [6.07, 6.45) is -6.75. The van der Waals surface area contributed by atoms with Crippen molar-refractivity contribution in [1.82, 2.24) is 0 Å². The molecule has 1 unspecified atom stereocenters. The number of hydrogen-bond donors (Lipinski definition) is 1. The molecule has 7 heteroatoms. The molecule has 0 aliphatic heterocycles. The van der Waals surface area contributed by atoms with Crippen molar-refractivity contribution >= 4 is 0 Å². The molecule has 2 rings (SSSR count). The minimum Gasteiger partial charge on any atom is -0.405 e. The second-order valence-electron chi connectivity index (χ2n) is 4.15. The molecular formula is C14H9F5O2. The van der Waals surface area contributed by atoms with Crippen molar-refractivity contribution in [1.29, 1.82) is 0 Å². The first-order valence-electron chi connectivity index (χ1n) is 5.75. The van der Waals surface area contributed by atoms with Crippen molar-refractivity contribution in [3.63, 3.8) is 0 Å². The molecule has 0 aliphatic carbocycles. The minimum atomic E-state index is -4.96. The Morgan fingerprint density at radius 1 is 0.952 bits per heavy atom. The lowest BCUT2D eigenvalue weighted by Gasteiger charge is -2.17. The van der Waals surface area contributed by atoms with E-state index < -0.39 is 35.4 Å². The van der Waals surface area contributed by atoms with Crippen molar-refractivity contribution in [3.8, 4) is 5.75 Å². The molecule has 0 aromatic heterocycles. The molecule has 0 aliphatic rings. The maximum Gasteiger partial charge on any atom is 0.573 e. The van der Waals surface area contributed by atoms with Crippen molar-refractivity contribution in [3.05, 3.63) is 65.2 Å². The Labute approximate surface area is 116 Å². The van der Waals surface area contributed by atoms with E-state index in [0.29, 0.717) is 6.07 Å². The second kappa shape index (κ2) is 5.69. The summed E-state index contributed by atoms with van der Waals surface area (Å²) in [5.74, 6) is -2.44. The van der Waals surface area contributed by atoms with Gasteiger partial charge in [0.2, 0.25) is 0 Å². The molecule has 0 fully saturated rings. The van der Waals surface area contributed by atoms with Crippen LogP contribution in [0.2, 0.25) is 0 Å². The molecule has 2 aromatic carbocycles. The number of ether oxygens (including phenoxy) is 1. The summed E-state index contributed by atoms with van der Waals surface area (Å²) in [5, 5.41) is 10.0. The Morgan fingerprint density at radius 2 is 1.62 bits per heavy atom. The van der Waals surface area contributed by atoms with Gasteiger partial charge in [0.05, 0.1) is 0 Å². The van der Waals surface area contributed by atoms with Gasteiger partial charge in [-0.25, -0.2) is 8.78 Å². The van der Waals surface area contributed by atoms with Crippen LogP contribution in [0.5, 0.6) is 5.75 Å². The van der Waals surface area contributed by atoms with Crippen LogP contribution in [0.1, 0.15) is 17.2 Å². The number of hydrogen-bond acceptors (Lipinski definition) is 2. The van der Waals surface area contributed by atoms with Gasteiger partial charge in [0.15, 0.2) is 0 Å². The average Bonchev–Trinajstić information content (AvgIpc) is 2.39. The molecule has 0 bridgehead atoms. The number of aliphatic hydroxyl groups excluding tert-OH is 1. The topological polar surface area (TPSA) is 29.5 Å². The van der Waals surface area contributed by atoms with Crippen LogP contribution in [0.25, 0.3) is 0 Å². The summed E-state index contributed by atoms with van der Waals surface area (Å²) in [6.45, 7) is 0. The maximum absolute atomic E-state index is 13.6. The minimum absolute atomic E-state index is 0.320. The molecular weight excluding hydrogens is 295 g/mol. The Kier molecular flexibility index (Phi) is 4.13. The second-order valence-corrected chi connectivity index (χ2v) is 4.15. The normalized spacial score (nSPS) is 13.0. The lowest BCUT2D eigenvalue weighted by atomic mass is 10.00. The van der Waals surface area contributed by atoms with Crippen LogP contribution in [0, 0.1) is 11.6 Å². The number of halogens is 5. The van der Waals surface area contributed by atoms with E-state index in [1.165, 1.54) is 12.1 Å². The Morgan fingerprint density at radius 3 is 2.29 bits per heavy atom. The number of benzene rings is 2. The largest absolute Gasteiger partial charge is 0.573 e. The van der Waals surface area contributed by atoms with E-state index in [1.54, 1.807) is 0 Å². The van der Waals surface area contributed by atoms with Crippen LogP contribution >= 0.6 is 0 Å². The Hall–Kier alpha value is -2.15. The van der Waals surface area contributed by atoms with Crippen LogP contribution < -0.4 is 4.74 Å². The lowest BCUT2D eigenvalue weighted by molar-refractivity contribution is -0.275. The predicted octanol–water partition coefficient (Wildman–Crippen LogP) is 3.95. The van der Waals surface area contributed by atoms with Crippen LogP contribution in [0.4, 0.5) is 22.0 Å². The van der Waals surface area contributed by atoms with E-state index in [1.807, 2.05) is 0 Å². The van der Waals surface area contributed by atoms with Gasteiger partial charge in [0.1, 0.15) is 23.5 Å². The third-order valence-electron chi connectivity index (χ3n) is 2.69. The van der Waals surface area contributed by atoms with Gasteiger partial charge < -0.3 is 9.84 Å². The molecule has 1 atom stereocenters. The third-order valence-corrected chi connectivity index (χ3v) is 2.69. The molecule has 2 nitrogen and oxygen atoms in total. The zero-order valence-electron chi connectivity index (χ0n) is 10.4. The van der Waals surface area contributed by atoms with Gasteiger partial charge >= 0.3 is 6.36 Å². The predicted molar refractivity (Wildman–Crippen MR) is 63.5 cm³/mol. The molecule has 0 saturated heterocycles. The molecule has 0 radical (unpaired) electrons. The quantitative estimate of drug-likeness (QED) is 0.870. The van der Waals surface area contributed by atoms with E-state index in [4.69, 9.17) is 0 Å². The lowest BCUT2D eigenvalue weighted by Crippen LogP contribution is -2.19. The SMILES string of the molecule is OC(c1cc(F)ccc1F)c1ccccc1OC(F)(F)F. The maximum atomic E-state index is 13.6. The molecule has 1 N–H and O–H groups in total. The summed E-state index contributed by atoms with van der Waals surface area (Å²) in [7, 11) is 0. The van der Waals surface area contributed by atoms with Gasteiger partial charge in [-0.3, -0.25) is 0 Å². The van der Waals surface area contributed by atoms with Crippen LogP contribution in [-0.4, -0.2) is 11.5 Å². The average molecular weight is 304 g/mol. The Balaban J connectivity index is 2.44. The van der Waals surface area contributed by atoms with E-state index in [0.717, 1.165) is 24.3 Å². The first-order valence-corrected chi connectivity index (χ1v) is 5.75. The van der Waals surface area contributed by atoms with Gasteiger partial charge in [0.25, 0.3) is 0 Å². The zero-order valence-corrected chi connectivity index (χ0v) is 10.4. The van der Waals surface area contributed by atoms with E-state index >= 15 is 0 Å². The van der Waals surface area contributed by atoms with Crippen LogP contribution in [-0.2, 0) is 0 Å². The molecule has 0 heterocycles. The summed E-state index contributed by atoms with van der Waals surface area (Å²) < 4.78 is 67.3. The smallest absolute Gasteiger partial charge is 0.405 e. The fraction of sp³-hybridized carbons (Fsp3) is 0.143. The fourth-order valence-electron chi connectivity index (χ4n) is 1.82. The highest BCUT2D eigenvalue weighted by molar-refractivity contribution is 5.40. The van der Waals surface area contributed by atoms with Crippen molar-refractivity contribution < 1.29 is 31.8 Å². The standard InChI is InChI=1S/C14H9F5O2/c15-8-5-6-11(16)10(7-8)13(20)9-3-1-2-4-12(9)21-14(17,18)19/h1-7,13,20H. The van der Waals surface area contributed by atoms with Gasteiger partial charge in [0, 0.05) is 11.1 Å². The highest BCUT2D eigenvalue weighted by Gasteiger charge is 2.33. The van der Waals surface area contributed by atoms with Gasteiger partial charge in [-0.15, -0.1) is 13.2 Å². The van der Waals surface area contributed by atoms with Crippen LogP contribution in [0.3, 0.4) is 0 Å². The van der Waals surface area contributed by atoms with E-state index in [-0.39, 0.29) is 5.56 Å². The summed E-state index contributed by atoms with van der Waals surface area (Å²) in [6, 6.07) is 7.05. The van der Waals surface area contributed by atoms with Crippen molar-refractivity contribution in [2.24, 2.45) is 0 Å². The van der Waals surface area contributed by atoms with Gasteiger partial charge in [-0.2, -0.15) is 0 Å². The molecule has 112 valence electrons. The third kappa shape index (κ3) is 3.69. The number of para-hydroxylation sites is 1. The number of alkyl halides is 3. The molecule has 0 amide bonds. The number of aliphatic hydroxyl groups is 1. The first-order chi connectivity index (χ1) is 9.78. The Bertz CT molecular complexity index is 640. The highest BCUT2D eigenvalue weighted by Crippen LogP contribution is 2.34. The monoisotopic (exact) mass is 304 g/mol. The molecule has 0 spiro atoms. The van der Waals surface area contributed by atoms with E-state index in [2.05, 4.69) is 4.74 Å². The zero-order chi connectivity index (χ0) is 15.6. The first kappa shape index (κ1) is 15.2. The van der Waals surface area contributed by atoms with Crippen molar-refractivity contribution in [2.75, 3.05) is 0 Å². The summed E-state index contributed by atoms with van der Waals surface area (Å²) in [4.78, 5) is 0. The fourth-order valence-corrected chi connectivity index (χ4v) is 1.82. The van der Waals surface area contributed by atoms with E-state index in [9.17, 15) is 27.1 Å². The van der Waals surface area contributed by atoms with Crippen molar-refractivity contribution in [2.45, 2.75) is 12.5 Å². The molecule has 0 saturated carbocycles. The molecule has 21 heavy (non-hydrogen) atoms. The van der Waals surface area contributed by atoms with Crippen LogP contribution in [0.15, 0.2) is 42.5 Å². The summed E-state index contributed by atoms with van der Waals surface area (Å²) in [5.41, 5.74) is -0.799. The highest BCUT2D eigenvalue weighted by atomic mass is 19.4. The number of rotatable bonds is 3.